The van der Waals surface area contributed by atoms with Gasteiger partial charge in [-0.05, 0) is 25.7 Å². The summed E-state index contributed by atoms with van der Waals surface area (Å²) in [5.74, 6) is -0.796. The first-order chi connectivity index (χ1) is 9.93. The zero-order valence-corrected chi connectivity index (χ0v) is 12.8. The van der Waals surface area contributed by atoms with Crippen molar-refractivity contribution in [3.05, 3.63) is 0 Å². The molecule has 0 aromatic rings. The summed E-state index contributed by atoms with van der Waals surface area (Å²) in [6.07, 6.45) is -0.424. The van der Waals surface area contributed by atoms with Gasteiger partial charge in [-0.15, -0.1) is 0 Å². The molecule has 1 amide bonds. The number of esters is 1. The summed E-state index contributed by atoms with van der Waals surface area (Å²) in [6, 6.07) is 0. The summed E-state index contributed by atoms with van der Waals surface area (Å²) in [6.45, 7) is 6.89. The average Bonchev–Trinajstić information content (AvgIpc) is 2.45. The van der Waals surface area contributed by atoms with E-state index in [1.807, 2.05) is 13.8 Å². The fourth-order valence-electron chi connectivity index (χ4n) is 1.94. The standard InChI is InChI=1S/C14H23NO6/c1-4-19-13(17)15-7-5-11(6-8-15)12(16)21-14(18)20-9-10(2)3/h10-11H,4-9H2,1-3H3. The summed E-state index contributed by atoms with van der Waals surface area (Å²) in [5.41, 5.74) is 0. The molecule has 1 saturated heterocycles. The Balaban J connectivity index is 2.31. The highest BCUT2D eigenvalue weighted by Crippen LogP contribution is 2.19. The van der Waals surface area contributed by atoms with E-state index >= 15 is 0 Å². The van der Waals surface area contributed by atoms with Crippen LogP contribution in [0.2, 0.25) is 0 Å². The second kappa shape index (κ2) is 8.49. The minimum atomic E-state index is -0.957. The van der Waals surface area contributed by atoms with Crippen molar-refractivity contribution in [2.75, 3.05) is 26.3 Å². The van der Waals surface area contributed by atoms with E-state index in [0.29, 0.717) is 32.5 Å². The predicted octanol–water partition coefficient (Wildman–Crippen LogP) is 2.19. The molecule has 0 aromatic carbocycles. The molecule has 0 aromatic heterocycles. The molecule has 1 heterocycles. The lowest BCUT2D eigenvalue weighted by Crippen LogP contribution is -2.41. The number of carbonyl (C=O) groups is 3. The summed E-state index contributed by atoms with van der Waals surface area (Å²) < 4.78 is 14.3. The highest BCUT2D eigenvalue weighted by molar-refractivity contribution is 5.83. The summed E-state index contributed by atoms with van der Waals surface area (Å²) in [4.78, 5) is 36.2. The fourth-order valence-corrected chi connectivity index (χ4v) is 1.94. The highest BCUT2D eigenvalue weighted by Gasteiger charge is 2.30. The molecule has 1 rings (SSSR count). The van der Waals surface area contributed by atoms with Crippen LogP contribution in [0.5, 0.6) is 0 Å². The topological polar surface area (TPSA) is 82.1 Å². The molecule has 0 atom stereocenters. The van der Waals surface area contributed by atoms with Gasteiger partial charge in [0.15, 0.2) is 0 Å². The van der Waals surface area contributed by atoms with E-state index in [1.54, 1.807) is 11.8 Å². The van der Waals surface area contributed by atoms with Gasteiger partial charge in [0.1, 0.15) is 0 Å². The van der Waals surface area contributed by atoms with Crippen molar-refractivity contribution in [1.82, 2.24) is 4.90 Å². The average molecular weight is 301 g/mol. The van der Waals surface area contributed by atoms with Crippen molar-refractivity contribution in [3.8, 4) is 0 Å². The Kier molecular flexibility index (Phi) is 6.98. The first-order valence-electron chi connectivity index (χ1n) is 7.24. The van der Waals surface area contributed by atoms with Crippen LogP contribution < -0.4 is 0 Å². The first kappa shape index (κ1) is 17.3. The first-order valence-corrected chi connectivity index (χ1v) is 7.24. The Morgan fingerprint density at radius 1 is 1.14 bits per heavy atom. The van der Waals surface area contributed by atoms with Crippen molar-refractivity contribution in [2.24, 2.45) is 11.8 Å². The van der Waals surface area contributed by atoms with E-state index in [9.17, 15) is 14.4 Å². The maximum atomic E-state index is 11.8. The Morgan fingerprint density at radius 2 is 1.76 bits per heavy atom. The molecule has 0 N–H and O–H groups in total. The molecule has 120 valence electrons. The van der Waals surface area contributed by atoms with Crippen LogP contribution in [0.25, 0.3) is 0 Å². The smallest absolute Gasteiger partial charge is 0.450 e. The van der Waals surface area contributed by atoms with Crippen LogP contribution in [-0.2, 0) is 19.0 Å². The number of ether oxygens (including phenoxy) is 3. The van der Waals surface area contributed by atoms with Crippen molar-refractivity contribution >= 4 is 18.2 Å². The number of likely N-dealkylation sites (tertiary alicyclic amines) is 1. The Morgan fingerprint density at radius 3 is 2.29 bits per heavy atom. The molecule has 21 heavy (non-hydrogen) atoms. The van der Waals surface area contributed by atoms with Crippen molar-refractivity contribution in [3.63, 3.8) is 0 Å². The zero-order valence-electron chi connectivity index (χ0n) is 12.8. The van der Waals surface area contributed by atoms with Gasteiger partial charge in [0, 0.05) is 13.1 Å². The Bertz CT molecular complexity index is 374. The molecule has 0 unspecified atom stereocenters. The Hall–Kier alpha value is -1.79. The molecular weight excluding hydrogens is 278 g/mol. The van der Waals surface area contributed by atoms with E-state index in [-0.39, 0.29) is 24.5 Å². The van der Waals surface area contributed by atoms with Crippen LogP contribution in [-0.4, -0.2) is 49.4 Å². The summed E-state index contributed by atoms with van der Waals surface area (Å²) >= 11 is 0. The second-order valence-corrected chi connectivity index (χ2v) is 5.34. The SMILES string of the molecule is CCOC(=O)N1CCC(C(=O)OC(=O)OCC(C)C)CC1. The van der Waals surface area contributed by atoms with Crippen LogP contribution in [0.1, 0.15) is 33.6 Å². The van der Waals surface area contributed by atoms with Gasteiger partial charge in [-0.3, -0.25) is 4.79 Å². The van der Waals surface area contributed by atoms with Crippen molar-refractivity contribution in [1.29, 1.82) is 0 Å². The third-order valence-electron chi connectivity index (χ3n) is 3.07. The van der Waals surface area contributed by atoms with Crippen LogP contribution in [0.15, 0.2) is 0 Å². The lowest BCUT2D eigenvalue weighted by Gasteiger charge is -2.29. The van der Waals surface area contributed by atoms with Crippen LogP contribution >= 0.6 is 0 Å². The van der Waals surface area contributed by atoms with Crippen LogP contribution in [0.3, 0.4) is 0 Å². The predicted molar refractivity (Wildman–Crippen MR) is 73.6 cm³/mol. The van der Waals surface area contributed by atoms with Gasteiger partial charge in [-0.2, -0.15) is 0 Å². The van der Waals surface area contributed by atoms with E-state index in [2.05, 4.69) is 4.74 Å². The maximum Gasteiger partial charge on any atom is 0.516 e. The normalized spacial score (nSPS) is 15.7. The maximum absolute atomic E-state index is 11.8. The van der Waals surface area contributed by atoms with Gasteiger partial charge < -0.3 is 19.1 Å². The number of amides is 1. The minimum Gasteiger partial charge on any atom is -0.450 e. The quantitative estimate of drug-likeness (QED) is 0.585. The van der Waals surface area contributed by atoms with Crippen LogP contribution in [0.4, 0.5) is 9.59 Å². The van der Waals surface area contributed by atoms with Gasteiger partial charge in [0.2, 0.25) is 0 Å². The van der Waals surface area contributed by atoms with Gasteiger partial charge in [0.05, 0.1) is 19.1 Å². The molecule has 1 fully saturated rings. The molecular formula is C14H23NO6. The number of carbonyl (C=O) groups excluding carboxylic acids is 3. The van der Waals surface area contributed by atoms with E-state index in [0.717, 1.165) is 0 Å². The third-order valence-corrected chi connectivity index (χ3v) is 3.07. The molecule has 0 radical (unpaired) electrons. The van der Waals surface area contributed by atoms with E-state index in [1.165, 1.54) is 0 Å². The van der Waals surface area contributed by atoms with Gasteiger partial charge in [0.25, 0.3) is 0 Å². The van der Waals surface area contributed by atoms with Crippen molar-refractivity contribution in [2.45, 2.75) is 33.6 Å². The summed E-state index contributed by atoms with van der Waals surface area (Å²) in [5, 5.41) is 0. The molecule has 0 aliphatic carbocycles. The number of hydrogen-bond acceptors (Lipinski definition) is 6. The third kappa shape index (κ3) is 6.01. The lowest BCUT2D eigenvalue weighted by molar-refractivity contribution is -0.146. The largest absolute Gasteiger partial charge is 0.516 e. The molecule has 0 bridgehead atoms. The minimum absolute atomic E-state index is 0.181. The number of rotatable bonds is 4. The van der Waals surface area contributed by atoms with Crippen molar-refractivity contribution < 1.29 is 28.6 Å². The monoisotopic (exact) mass is 301 g/mol. The van der Waals surface area contributed by atoms with Gasteiger partial charge in [-0.1, -0.05) is 13.8 Å². The molecule has 1 aliphatic heterocycles. The summed E-state index contributed by atoms with van der Waals surface area (Å²) in [7, 11) is 0. The highest BCUT2D eigenvalue weighted by atomic mass is 16.7. The van der Waals surface area contributed by atoms with E-state index < -0.39 is 12.1 Å². The zero-order chi connectivity index (χ0) is 15.8. The molecule has 0 saturated carbocycles. The second-order valence-electron chi connectivity index (χ2n) is 5.34. The number of hydrogen-bond donors (Lipinski definition) is 0. The van der Waals surface area contributed by atoms with E-state index in [4.69, 9.17) is 9.47 Å². The molecule has 1 aliphatic rings. The lowest BCUT2D eigenvalue weighted by atomic mass is 9.97. The Labute approximate surface area is 124 Å². The molecule has 7 nitrogen and oxygen atoms in total. The number of nitrogens with zero attached hydrogens (tertiary/aromatic N) is 1. The molecule has 7 heteroatoms. The number of piperidine rings is 1. The molecule has 0 spiro atoms. The van der Waals surface area contributed by atoms with Crippen LogP contribution in [0, 0.1) is 11.8 Å². The van der Waals surface area contributed by atoms with Gasteiger partial charge in [-0.25, -0.2) is 9.59 Å². The van der Waals surface area contributed by atoms with Gasteiger partial charge >= 0.3 is 18.2 Å². The fraction of sp³-hybridized carbons (Fsp3) is 0.786.